The predicted octanol–water partition coefficient (Wildman–Crippen LogP) is 2.10. The van der Waals surface area contributed by atoms with Crippen molar-refractivity contribution in [2.45, 2.75) is 31.5 Å². The standard InChI is InChI=1S/C6H10F3N.ClH/c7-6(8,9)5(10)3-4-1-2-4;/h4-5H,1-3,10H2;1H/t5-;/m1./s1. The van der Waals surface area contributed by atoms with E-state index in [2.05, 4.69) is 0 Å². The van der Waals surface area contributed by atoms with Gasteiger partial charge in [-0.3, -0.25) is 0 Å². The van der Waals surface area contributed by atoms with E-state index in [0.29, 0.717) is 0 Å². The van der Waals surface area contributed by atoms with Crippen molar-refractivity contribution < 1.29 is 13.2 Å². The van der Waals surface area contributed by atoms with E-state index >= 15 is 0 Å². The van der Waals surface area contributed by atoms with Gasteiger partial charge in [-0.25, -0.2) is 0 Å². The third-order valence-electron chi connectivity index (χ3n) is 1.70. The van der Waals surface area contributed by atoms with Gasteiger partial charge in [-0.1, -0.05) is 12.8 Å². The number of hydrogen-bond acceptors (Lipinski definition) is 1. The molecular weight excluding hydrogens is 179 g/mol. The van der Waals surface area contributed by atoms with Gasteiger partial charge in [0.05, 0.1) is 0 Å². The lowest BCUT2D eigenvalue weighted by molar-refractivity contribution is -0.149. The van der Waals surface area contributed by atoms with Crippen LogP contribution in [-0.4, -0.2) is 12.2 Å². The lowest BCUT2D eigenvalue weighted by atomic mass is 10.1. The summed E-state index contributed by atoms with van der Waals surface area (Å²) >= 11 is 0. The summed E-state index contributed by atoms with van der Waals surface area (Å²) in [5.41, 5.74) is 4.87. The summed E-state index contributed by atoms with van der Waals surface area (Å²) in [7, 11) is 0. The van der Waals surface area contributed by atoms with Crippen LogP contribution in [0.5, 0.6) is 0 Å². The Morgan fingerprint density at radius 3 is 2.09 bits per heavy atom. The van der Waals surface area contributed by atoms with E-state index in [-0.39, 0.29) is 24.7 Å². The number of nitrogens with two attached hydrogens (primary N) is 1. The Morgan fingerprint density at radius 1 is 1.36 bits per heavy atom. The summed E-state index contributed by atoms with van der Waals surface area (Å²) < 4.78 is 35.1. The Bertz CT molecular complexity index is 121. The first-order valence-corrected chi connectivity index (χ1v) is 3.32. The van der Waals surface area contributed by atoms with Crippen LogP contribution in [0.2, 0.25) is 0 Å². The van der Waals surface area contributed by atoms with E-state index in [0.717, 1.165) is 12.8 Å². The van der Waals surface area contributed by atoms with Gasteiger partial charge in [0, 0.05) is 0 Å². The maximum absolute atomic E-state index is 11.7. The fraction of sp³-hybridized carbons (Fsp3) is 1.00. The minimum atomic E-state index is -4.19. The van der Waals surface area contributed by atoms with Crippen LogP contribution in [0.15, 0.2) is 0 Å². The number of alkyl halides is 3. The molecule has 1 aliphatic carbocycles. The van der Waals surface area contributed by atoms with Crippen molar-refractivity contribution >= 4 is 12.4 Å². The maximum Gasteiger partial charge on any atom is 0.403 e. The quantitative estimate of drug-likeness (QED) is 0.708. The van der Waals surface area contributed by atoms with E-state index in [1.807, 2.05) is 0 Å². The lowest BCUT2D eigenvalue weighted by Gasteiger charge is -2.14. The van der Waals surface area contributed by atoms with Gasteiger partial charge in [0.2, 0.25) is 0 Å². The molecule has 0 aromatic carbocycles. The van der Waals surface area contributed by atoms with E-state index in [1.54, 1.807) is 0 Å². The summed E-state index contributed by atoms with van der Waals surface area (Å²) in [6.45, 7) is 0. The first kappa shape index (κ1) is 11.0. The highest BCUT2D eigenvalue weighted by atomic mass is 35.5. The molecule has 0 spiro atoms. The highest BCUT2D eigenvalue weighted by molar-refractivity contribution is 5.85. The molecule has 1 fully saturated rings. The fourth-order valence-corrected chi connectivity index (χ4v) is 0.846. The zero-order chi connectivity index (χ0) is 7.78. The molecule has 2 N–H and O–H groups in total. The zero-order valence-corrected chi connectivity index (χ0v) is 6.71. The summed E-state index contributed by atoms with van der Waals surface area (Å²) in [6.07, 6.45) is -2.24. The third-order valence-corrected chi connectivity index (χ3v) is 1.70. The Balaban J connectivity index is 0.000001000. The summed E-state index contributed by atoms with van der Waals surface area (Å²) in [5.74, 6) is 0.247. The lowest BCUT2D eigenvalue weighted by Crippen LogP contribution is -2.37. The van der Waals surface area contributed by atoms with Crippen molar-refractivity contribution in [3.8, 4) is 0 Å². The Hall–Kier alpha value is 0.0400. The van der Waals surface area contributed by atoms with Crippen LogP contribution < -0.4 is 5.73 Å². The van der Waals surface area contributed by atoms with Crippen LogP contribution in [0.3, 0.4) is 0 Å². The average molecular weight is 190 g/mol. The molecule has 0 aromatic heterocycles. The van der Waals surface area contributed by atoms with Gasteiger partial charge in [0.1, 0.15) is 6.04 Å². The molecule has 1 aliphatic rings. The van der Waals surface area contributed by atoms with Gasteiger partial charge in [-0.2, -0.15) is 13.2 Å². The van der Waals surface area contributed by atoms with Crippen molar-refractivity contribution in [1.82, 2.24) is 0 Å². The molecule has 0 amide bonds. The van der Waals surface area contributed by atoms with Gasteiger partial charge in [-0.05, 0) is 12.3 Å². The third kappa shape index (κ3) is 3.82. The van der Waals surface area contributed by atoms with E-state index in [9.17, 15) is 13.2 Å². The van der Waals surface area contributed by atoms with Gasteiger partial charge in [0.25, 0.3) is 0 Å². The van der Waals surface area contributed by atoms with E-state index < -0.39 is 12.2 Å². The SMILES string of the molecule is Cl.N[C@H](CC1CC1)C(F)(F)F. The molecule has 1 atom stereocenters. The minimum Gasteiger partial charge on any atom is -0.320 e. The molecule has 0 radical (unpaired) electrons. The van der Waals surface area contributed by atoms with Crippen molar-refractivity contribution in [2.24, 2.45) is 11.7 Å². The Labute approximate surface area is 69.5 Å². The molecule has 68 valence electrons. The highest BCUT2D eigenvalue weighted by Crippen LogP contribution is 2.36. The largest absolute Gasteiger partial charge is 0.403 e. The van der Waals surface area contributed by atoms with Gasteiger partial charge in [0.15, 0.2) is 0 Å². The first-order valence-electron chi connectivity index (χ1n) is 3.32. The van der Waals surface area contributed by atoms with Crippen LogP contribution in [0.25, 0.3) is 0 Å². The van der Waals surface area contributed by atoms with E-state index in [1.165, 1.54) is 0 Å². The van der Waals surface area contributed by atoms with Crippen LogP contribution >= 0.6 is 12.4 Å². The molecule has 0 aliphatic heterocycles. The molecule has 11 heavy (non-hydrogen) atoms. The maximum atomic E-state index is 11.7. The molecule has 0 saturated heterocycles. The predicted molar refractivity (Wildman–Crippen MR) is 38.6 cm³/mol. The van der Waals surface area contributed by atoms with Crippen molar-refractivity contribution in [3.05, 3.63) is 0 Å². The van der Waals surface area contributed by atoms with Crippen LogP contribution in [-0.2, 0) is 0 Å². The molecular formula is C6H11ClF3N. The molecule has 0 aromatic rings. The van der Waals surface area contributed by atoms with Gasteiger partial charge in [-0.15, -0.1) is 12.4 Å². The molecule has 0 unspecified atom stereocenters. The number of rotatable bonds is 2. The van der Waals surface area contributed by atoms with Gasteiger partial charge >= 0.3 is 6.18 Å². The minimum absolute atomic E-state index is 0. The summed E-state index contributed by atoms with van der Waals surface area (Å²) in [5, 5.41) is 0. The number of hydrogen-bond donors (Lipinski definition) is 1. The number of halogens is 4. The second-order valence-corrected chi connectivity index (χ2v) is 2.83. The monoisotopic (exact) mass is 189 g/mol. The van der Waals surface area contributed by atoms with Crippen LogP contribution in [0.1, 0.15) is 19.3 Å². The molecule has 0 heterocycles. The molecule has 5 heteroatoms. The van der Waals surface area contributed by atoms with E-state index in [4.69, 9.17) is 5.73 Å². The second-order valence-electron chi connectivity index (χ2n) is 2.83. The molecule has 0 bridgehead atoms. The second kappa shape index (κ2) is 3.63. The smallest absolute Gasteiger partial charge is 0.320 e. The normalized spacial score (nSPS) is 20.7. The van der Waals surface area contributed by atoms with Crippen molar-refractivity contribution in [1.29, 1.82) is 0 Å². The molecule has 1 rings (SSSR count). The summed E-state index contributed by atoms with van der Waals surface area (Å²) in [6, 6.07) is -1.60. The first-order chi connectivity index (χ1) is 4.50. The summed E-state index contributed by atoms with van der Waals surface area (Å²) in [4.78, 5) is 0. The van der Waals surface area contributed by atoms with Crippen LogP contribution in [0.4, 0.5) is 13.2 Å². The van der Waals surface area contributed by atoms with Crippen LogP contribution in [0, 0.1) is 5.92 Å². The molecule has 1 nitrogen and oxygen atoms in total. The highest BCUT2D eigenvalue weighted by Gasteiger charge is 2.39. The Morgan fingerprint density at radius 2 is 1.82 bits per heavy atom. The van der Waals surface area contributed by atoms with Crippen molar-refractivity contribution in [3.63, 3.8) is 0 Å². The molecule has 1 saturated carbocycles. The average Bonchev–Trinajstić information content (AvgIpc) is 2.47. The topological polar surface area (TPSA) is 26.0 Å². The Kier molecular flexibility index (Phi) is 3.64. The van der Waals surface area contributed by atoms with Gasteiger partial charge < -0.3 is 5.73 Å². The zero-order valence-electron chi connectivity index (χ0n) is 5.90. The fourth-order valence-electron chi connectivity index (χ4n) is 0.846. The van der Waals surface area contributed by atoms with Crippen molar-refractivity contribution in [2.75, 3.05) is 0 Å².